The van der Waals surface area contributed by atoms with Gasteiger partial charge in [-0.25, -0.2) is 9.37 Å². The highest BCUT2D eigenvalue weighted by Crippen LogP contribution is 2.75. The Morgan fingerprint density at radius 2 is 1.91 bits per heavy atom. The fourth-order valence-electron chi connectivity index (χ4n) is 5.61. The highest BCUT2D eigenvalue weighted by Gasteiger charge is 2.76. The Balaban J connectivity index is 1.50. The van der Waals surface area contributed by atoms with Crippen molar-refractivity contribution in [3.8, 4) is 0 Å². The number of pyridine rings is 1. The first-order valence-electron chi connectivity index (χ1n) is 10.4. The van der Waals surface area contributed by atoms with E-state index >= 15 is 0 Å². The topological polar surface area (TPSA) is 96.6 Å². The Hall–Kier alpha value is -3.00. The number of carbonyl (C=O) groups excluding carboxylic acids is 3. The molecule has 1 aliphatic heterocycles. The van der Waals surface area contributed by atoms with Crippen LogP contribution in [0, 0.1) is 23.6 Å². The zero-order valence-corrected chi connectivity index (χ0v) is 18.2. The minimum atomic E-state index is -0.817. The number of rotatable bonds is 5. The van der Waals surface area contributed by atoms with Gasteiger partial charge in [0.15, 0.2) is 11.6 Å². The van der Waals surface area contributed by atoms with Gasteiger partial charge in [0, 0.05) is 23.2 Å². The second-order valence-electron chi connectivity index (χ2n) is 9.33. The van der Waals surface area contributed by atoms with Crippen molar-refractivity contribution in [2.75, 3.05) is 11.4 Å². The van der Waals surface area contributed by atoms with E-state index in [0.29, 0.717) is 29.8 Å². The zero-order valence-electron chi connectivity index (χ0n) is 17.5. The molecule has 4 fully saturated rings. The maximum Gasteiger partial charge on any atom is 0.252 e. The van der Waals surface area contributed by atoms with Crippen LogP contribution in [-0.2, 0) is 20.9 Å². The summed E-state index contributed by atoms with van der Waals surface area (Å²) < 4.78 is 14.7. The summed E-state index contributed by atoms with van der Waals surface area (Å²) in [4.78, 5) is 45.6. The molecule has 4 aliphatic rings. The number of benzene rings is 1. The lowest BCUT2D eigenvalue weighted by Crippen LogP contribution is -2.78. The van der Waals surface area contributed by atoms with Gasteiger partial charge in [0.1, 0.15) is 12.6 Å². The van der Waals surface area contributed by atoms with Gasteiger partial charge in [0.05, 0.1) is 5.41 Å². The molecular weight excluding hydrogens is 435 g/mol. The predicted octanol–water partition coefficient (Wildman–Crippen LogP) is 2.58. The van der Waals surface area contributed by atoms with Crippen molar-refractivity contribution in [2.45, 2.75) is 38.8 Å². The van der Waals surface area contributed by atoms with Crippen LogP contribution in [-0.4, -0.2) is 40.2 Å². The molecule has 7 nitrogen and oxygen atoms in total. The second-order valence-corrected chi connectivity index (χ2v) is 9.77. The lowest BCUT2D eigenvalue weighted by molar-refractivity contribution is -0.231. The van der Waals surface area contributed by atoms with E-state index in [1.807, 2.05) is 0 Å². The van der Waals surface area contributed by atoms with Crippen molar-refractivity contribution >= 4 is 35.1 Å². The quantitative estimate of drug-likeness (QED) is 0.747. The normalized spacial score (nSPS) is 28.9. The highest BCUT2D eigenvalue weighted by molar-refractivity contribution is 6.30. The fraction of sp³-hybridized carbons (Fsp3) is 0.391. The van der Waals surface area contributed by atoms with Gasteiger partial charge >= 0.3 is 0 Å². The average molecular weight is 457 g/mol. The molecule has 3 amide bonds. The van der Waals surface area contributed by atoms with Crippen LogP contribution in [0.15, 0.2) is 36.5 Å². The number of nitrogens with two attached hydrogens (primary N) is 1. The second kappa shape index (κ2) is 7.00. The van der Waals surface area contributed by atoms with Crippen molar-refractivity contribution in [2.24, 2.45) is 16.6 Å². The standard InChI is InChI=1S/C23H22ClFN4O3/c1-13-6-16(25)19(27-7-13)29-9-17(30)28(8-14-2-4-15(24)5-3-14)18(20(29)31)22-10-23(11-22,12-22)21(26)32/h2-7,18H,8-12H2,1H3,(H2,26,32)/t18-,22?,23?/m1/s1. The molecule has 2 bridgehead atoms. The van der Waals surface area contributed by atoms with E-state index in [-0.39, 0.29) is 36.6 Å². The van der Waals surface area contributed by atoms with Gasteiger partial charge < -0.3 is 10.6 Å². The molecule has 6 rings (SSSR count). The summed E-state index contributed by atoms with van der Waals surface area (Å²) in [7, 11) is 0. The van der Waals surface area contributed by atoms with Gasteiger partial charge in [-0.15, -0.1) is 0 Å². The first-order chi connectivity index (χ1) is 15.1. The lowest BCUT2D eigenvalue weighted by atomic mass is 9.32. The molecule has 1 atom stereocenters. The summed E-state index contributed by atoms with van der Waals surface area (Å²) >= 11 is 5.98. The van der Waals surface area contributed by atoms with Crippen LogP contribution in [0.25, 0.3) is 0 Å². The van der Waals surface area contributed by atoms with Gasteiger partial charge in [-0.3, -0.25) is 19.3 Å². The maximum absolute atomic E-state index is 14.7. The third-order valence-electron chi connectivity index (χ3n) is 7.08. The molecule has 1 aromatic carbocycles. The molecule has 2 N–H and O–H groups in total. The summed E-state index contributed by atoms with van der Waals surface area (Å²) in [5.41, 5.74) is 5.87. The number of aromatic nitrogens is 1. The van der Waals surface area contributed by atoms with E-state index in [1.54, 1.807) is 36.1 Å². The Bertz CT molecular complexity index is 1130. The summed E-state index contributed by atoms with van der Waals surface area (Å²) in [5, 5.41) is 0.571. The molecule has 0 spiro atoms. The number of piperazine rings is 1. The van der Waals surface area contributed by atoms with Gasteiger partial charge in [-0.1, -0.05) is 23.7 Å². The Morgan fingerprint density at radius 1 is 1.25 bits per heavy atom. The van der Waals surface area contributed by atoms with Crippen molar-refractivity contribution < 1.29 is 18.8 Å². The SMILES string of the molecule is Cc1cnc(N2CC(=O)N(Cc3ccc(Cl)cc3)[C@@H](C34CC(C(N)=O)(C3)C4)C2=O)c(F)c1. The molecule has 3 saturated carbocycles. The first-order valence-corrected chi connectivity index (χ1v) is 10.8. The largest absolute Gasteiger partial charge is 0.369 e. The number of aryl methyl sites for hydroxylation is 1. The molecule has 2 aromatic rings. The van der Waals surface area contributed by atoms with Crippen LogP contribution in [0.3, 0.4) is 0 Å². The first kappa shape index (κ1) is 20.9. The van der Waals surface area contributed by atoms with Gasteiger partial charge in [-0.2, -0.15) is 0 Å². The number of amides is 3. The summed E-state index contributed by atoms with van der Waals surface area (Å²) in [6.07, 6.45) is 2.82. The van der Waals surface area contributed by atoms with Crippen LogP contribution in [0.4, 0.5) is 10.2 Å². The molecular formula is C23H22ClFN4O3. The monoisotopic (exact) mass is 456 g/mol. The smallest absolute Gasteiger partial charge is 0.252 e. The van der Waals surface area contributed by atoms with E-state index < -0.39 is 22.7 Å². The third kappa shape index (κ3) is 3.00. The highest BCUT2D eigenvalue weighted by atomic mass is 35.5. The Morgan fingerprint density at radius 3 is 2.50 bits per heavy atom. The molecule has 1 aromatic heterocycles. The molecule has 166 valence electrons. The number of nitrogens with zero attached hydrogens (tertiary/aromatic N) is 3. The Kier molecular flexibility index (Phi) is 4.57. The van der Waals surface area contributed by atoms with Gasteiger partial charge in [0.25, 0.3) is 5.91 Å². The van der Waals surface area contributed by atoms with Crippen LogP contribution in [0.1, 0.15) is 30.4 Å². The van der Waals surface area contributed by atoms with Gasteiger partial charge in [0.2, 0.25) is 11.8 Å². The summed E-state index contributed by atoms with van der Waals surface area (Å²) in [6.45, 7) is 1.62. The minimum absolute atomic E-state index is 0.152. The zero-order chi connectivity index (χ0) is 22.8. The average Bonchev–Trinajstić information content (AvgIpc) is 2.66. The molecule has 0 radical (unpaired) electrons. The van der Waals surface area contributed by atoms with Crippen LogP contribution < -0.4 is 10.6 Å². The molecule has 1 saturated heterocycles. The fourth-order valence-corrected chi connectivity index (χ4v) is 5.74. The van der Waals surface area contributed by atoms with E-state index in [9.17, 15) is 18.8 Å². The third-order valence-corrected chi connectivity index (χ3v) is 7.33. The van der Waals surface area contributed by atoms with E-state index in [1.165, 1.54) is 12.3 Å². The van der Waals surface area contributed by atoms with E-state index in [4.69, 9.17) is 17.3 Å². The van der Waals surface area contributed by atoms with Crippen LogP contribution in [0.5, 0.6) is 0 Å². The van der Waals surface area contributed by atoms with Crippen LogP contribution >= 0.6 is 11.6 Å². The van der Waals surface area contributed by atoms with Crippen molar-refractivity contribution in [3.63, 3.8) is 0 Å². The minimum Gasteiger partial charge on any atom is -0.369 e. The summed E-state index contributed by atoms with van der Waals surface area (Å²) in [6, 6.07) is 7.53. The number of anilines is 1. The molecule has 32 heavy (non-hydrogen) atoms. The molecule has 9 heteroatoms. The number of carbonyl (C=O) groups is 3. The van der Waals surface area contributed by atoms with E-state index in [2.05, 4.69) is 4.98 Å². The van der Waals surface area contributed by atoms with Crippen molar-refractivity contribution in [3.05, 3.63) is 58.5 Å². The molecule has 2 heterocycles. The maximum atomic E-state index is 14.7. The molecule has 3 aliphatic carbocycles. The number of primary amides is 1. The molecule has 0 unspecified atom stereocenters. The number of hydrogen-bond donors (Lipinski definition) is 1. The predicted molar refractivity (Wildman–Crippen MR) is 115 cm³/mol. The van der Waals surface area contributed by atoms with Crippen molar-refractivity contribution in [1.82, 2.24) is 9.88 Å². The van der Waals surface area contributed by atoms with E-state index in [0.717, 1.165) is 10.5 Å². The lowest BCUT2D eigenvalue weighted by Gasteiger charge is -2.72. The Labute approximate surface area is 189 Å². The number of hydrogen-bond acceptors (Lipinski definition) is 4. The van der Waals surface area contributed by atoms with Crippen molar-refractivity contribution in [1.29, 1.82) is 0 Å². The van der Waals surface area contributed by atoms with Gasteiger partial charge in [-0.05, 0) is 55.5 Å². The number of halogens is 2. The summed E-state index contributed by atoms with van der Waals surface area (Å²) in [5.74, 6) is -1.86. The van der Waals surface area contributed by atoms with Crippen LogP contribution in [0.2, 0.25) is 5.02 Å².